The number of benzene rings is 3. The van der Waals surface area contributed by atoms with Crippen molar-refractivity contribution in [3.63, 3.8) is 0 Å². The van der Waals surface area contributed by atoms with Crippen molar-refractivity contribution in [3.05, 3.63) is 112 Å². The first-order valence-corrected chi connectivity index (χ1v) is 18.5. The first-order chi connectivity index (χ1) is 25.1. The molecule has 4 N–H and O–H groups in total. The summed E-state index contributed by atoms with van der Waals surface area (Å²) in [5, 5.41) is 32.4. The number of quaternary nitrogens is 1. The highest BCUT2D eigenvalue weighted by molar-refractivity contribution is 7.80. The zero-order valence-corrected chi connectivity index (χ0v) is 31.1. The molecule has 0 saturated carbocycles. The minimum absolute atomic E-state index is 0.0468. The molecule has 0 radical (unpaired) electrons. The van der Waals surface area contributed by atoms with Crippen LogP contribution in [0, 0.1) is 0 Å². The number of thiocarbonyl (C=S) groups is 2. The molecule has 10 nitrogen and oxygen atoms in total. The molecule has 3 aliphatic rings. The fourth-order valence-corrected chi connectivity index (χ4v) is 8.06. The number of rotatable bonds is 12. The van der Waals surface area contributed by atoms with Crippen LogP contribution in [0.15, 0.2) is 89.4 Å². The lowest BCUT2D eigenvalue weighted by molar-refractivity contribution is -0.918. The van der Waals surface area contributed by atoms with Gasteiger partial charge < -0.3 is 40.0 Å². The van der Waals surface area contributed by atoms with Crippen molar-refractivity contribution in [1.82, 2.24) is 10.6 Å². The fourth-order valence-electron chi connectivity index (χ4n) is 7.39. The molecule has 1 fully saturated rings. The number of ether oxygens (including phenoxy) is 3. The van der Waals surface area contributed by atoms with Crippen LogP contribution in [0.3, 0.4) is 0 Å². The van der Waals surface area contributed by atoms with E-state index >= 15 is 0 Å². The molecule has 0 bridgehead atoms. The largest absolute Gasteiger partial charge is 0.874 e. The van der Waals surface area contributed by atoms with Crippen LogP contribution < -0.4 is 34.9 Å². The number of piperidine rings is 1. The highest BCUT2D eigenvalue weighted by atomic mass is 32.1. The van der Waals surface area contributed by atoms with E-state index in [0.29, 0.717) is 53.7 Å². The number of aliphatic hydroxyl groups is 1. The maximum absolute atomic E-state index is 14.7. The Morgan fingerprint density at radius 2 is 1.35 bits per heavy atom. The van der Waals surface area contributed by atoms with E-state index in [1.54, 1.807) is 67.8 Å². The lowest BCUT2D eigenvalue weighted by Gasteiger charge is -2.38. The molecule has 2 amide bonds. The van der Waals surface area contributed by atoms with E-state index in [0.717, 1.165) is 31.5 Å². The number of methoxy groups -OCH3 is 1. The van der Waals surface area contributed by atoms with Gasteiger partial charge in [0.15, 0.2) is 0 Å². The second-order valence-electron chi connectivity index (χ2n) is 13.1. The topological polar surface area (TPSA) is 134 Å². The summed E-state index contributed by atoms with van der Waals surface area (Å²) in [5.41, 5.74) is 2.12. The van der Waals surface area contributed by atoms with Crippen LogP contribution in [0.4, 0.5) is 0 Å². The van der Waals surface area contributed by atoms with Crippen molar-refractivity contribution < 1.29 is 38.9 Å². The third-order valence-electron chi connectivity index (χ3n) is 9.83. The Balaban J connectivity index is 1.55. The lowest BCUT2D eigenvalue weighted by Crippen LogP contribution is -3.11. The second-order valence-corrected chi connectivity index (χ2v) is 14.0. The molecule has 12 heteroatoms. The van der Waals surface area contributed by atoms with Crippen molar-refractivity contribution in [2.45, 2.75) is 57.4 Å². The average molecular weight is 742 g/mol. The normalized spacial score (nSPS) is 20.4. The van der Waals surface area contributed by atoms with Gasteiger partial charge >= 0.3 is 0 Å². The lowest BCUT2D eigenvalue weighted by atomic mass is 9.75. The first kappa shape index (κ1) is 37.0. The molecule has 3 aromatic carbocycles. The Morgan fingerprint density at radius 3 is 1.90 bits per heavy atom. The van der Waals surface area contributed by atoms with E-state index < -0.39 is 35.3 Å². The summed E-state index contributed by atoms with van der Waals surface area (Å²) < 4.78 is 17.0. The molecule has 3 aliphatic heterocycles. The van der Waals surface area contributed by atoms with Crippen LogP contribution in [0.1, 0.15) is 73.1 Å². The average Bonchev–Trinajstić information content (AvgIpc) is 3.12. The third-order valence-corrected chi connectivity index (χ3v) is 10.5. The Hall–Kier alpha value is -4.78. The Kier molecular flexibility index (Phi) is 11.6. The van der Waals surface area contributed by atoms with Crippen LogP contribution >= 0.6 is 24.4 Å². The van der Waals surface area contributed by atoms with Gasteiger partial charge in [0.25, 0.3) is 11.8 Å². The Morgan fingerprint density at radius 1 is 0.808 bits per heavy atom. The van der Waals surface area contributed by atoms with Gasteiger partial charge in [-0.25, -0.2) is 0 Å². The number of hydrogen-bond donors (Lipinski definition) is 4. The number of nitrogens with one attached hydrogen (secondary N) is 3. The van der Waals surface area contributed by atoms with Crippen molar-refractivity contribution in [1.29, 1.82) is 0 Å². The van der Waals surface area contributed by atoms with Gasteiger partial charge in [-0.15, -0.1) is 5.76 Å². The van der Waals surface area contributed by atoms with Gasteiger partial charge in [0.1, 0.15) is 29.6 Å². The number of carbonyl (C=O) groups is 2. The van der Waals surface area contributed by atoms with Gasteiger partial charge in [0.05, 0.1) is 54.9 Å². The van der Waals surface area contributed by atoms with Crippen LogP contribution in [0.2, 0.25) is 0 Å². The maximum Gasteiger partial charge on any atom is 0.256 e. The van der Waals surface area contributed by atoms with E-state index in [4.69, 9.17) is 38.6 Å². The highest BCUT2D eigenvalue weighted by Crippen LogP contribution is 2.44. The molecule has 6 rings (SSSR count). The molecule has 0 aliphatic carbocycles. The summed E-state index contributed by atoms with van der Waals surface area (Å²) in [7, 11) is 1.60. The molecule has 3 aromatic rings. The van der Waals surface area contributed by atoms with Gasteiger partial charge in [-0.3, -0.25) is 9.59 Å². The first-order valence-electron chi connectivity index (χ1n) is 17.6. The zero-order chi connectivity index (χ0) is 36.9. The summed E-state index contributed by atoms with van der Waals surface area (Å²) in [4.78, 5) is 29.7. The zero-order valence-electron chi connectivity index (χ0n) is 29.5. The standard InChI is InChI=1S/C40H43N3O7S2/c1-4-49-27-14-9-23(10-15-27)31-35(44)33(37(46)41-39(31)51)30(25-13-18-29(48-3)26(21-25)22-43-19-7-6-8-20-43)34-36(45)32(40(52)42-38(34)47)24-11-16-28(17-12-24)50-5-2/h9-18,21,30-32,44-45H,4-8,19-20,22H2,1-3H3,(H,41,46,51)(H,42,47,52). The van der Waals surface area contributed by atoms with Crippen LogP contribution in [0.5, 0.6) is 17.2 Å². The monoisotopic (exact) mass is 741 g/mol. The van der Waals surface area contributed by atoms with Gasteiger partial charge in [-0.2, -0.15) is 0 Å². The molecule has 3 heterocycles. The van der Waals surface area contributed by atoms with Crippen LogP contribution in [0.25, 0.3) is 0 Å². The molecule has 3 unspecified atom stereocenters. The minimum atomic E-state index is -1.28. The number of likely N-dealkylation sites (tertiary alicyclic amines) is 1. The quantitative estimate of drug-likeness (QED) is 0.203. The second kappa shape index (κ2) is 16.3. The maximum atomic E-state index is 14.7. The molecule has 272 valence electrons. The summed E-state index contributed by atoms with van der Waals surface area (Å²) in [5.74, 6) is -3.67. The third kappa shape index (κ3) is 7.55. The van der Waals surface area contributed by atoms with Crippen molar-refractivity contribution in [2.75, 3.05) is 33.4 Å². The predicted molar refractivity (Wildman–Crippen MR) is 203 cm³/mol. The smallest absolute Gasteiger partial charge is 0.256 e. The summed E-state index contributed by atoms with van der Waals surface area (Å²) in [6.07, 6.45) is 3.43. The van der Waals surface area contributed by atoms with Gasteiger partial charge in [0.2, 0.25) is 0 Å². The number of aliphatic hydroxyl groups excluding tert-OH is 1. The van der Waals surface area contributed by atoms with Crippen molar-refractivity contribution >= 4 is 46.2 Å². The Bertz CT molecular complexity index is 1810. The van der Waals surface area contributed by atoms with E-state index in [2.05, 4.69) is 10.6 Å². The van der Waals surface area contributed by atoms with Crippen molar-refractivity contribution in [2.24, 2.45) is 0 Å². The van der Waals surface area contributed by atoms with E-state index in [1.807, 2.05) is 19.9 Å². The van der Waals surface area contributed by atoms with Gasteiger partial charge in [0, 0.05) is 23.0 Å². The van der Waals surface area contributed by atoms with Gasteiger partial charge in [-0.1, -0.05) is 54.8 Å². The number of carbonyl (C=O) groups excluding carboxylic acids is 2. The molecule has 52 heavy (non-hydrogen) atoms. The SMILES string of the molecule is CCOc1ccc(C2C(=S)NC(=O)C(C(C3=C(O)C(c4ccc(OCC)cc4)C(=S)NC3=O)c3ccc(OC)c(C[NH+]4CCCCC4)c3)=C2[O-])cc1. The summed E-state index contributed by atoms with van der Waals surface area (Å²) >= 11 is 11.2. The number of amides is 2. The molecular formula is C40H43N3O7S2. The molecule has 3 atom stereocenters. The van der Waals surface area contributed by atoms with Gasteiger partial charge in [-0.05, 0) is 86.2 Å². The number of hydrogen-bond acceptors (Lipinski definition) is 9. The van der Waals surface area contributed by atoms with E-state index in [1.165, 1.54) is 11.3 Å². The molecular weight excluding hydrogens is 699 g/mol. The van der Waals surface area contributed by atoms with Crippen LogP contribution in [-0.2, 0) is 16.1 Å². The van der Waals surface area contributed by atoms with Crippen LogP contribution in [-0.4, -0.2) is 60.3 Å². The molecule has 1 saturated heterocycles. The van der Waals surface area contributed by atoms with E-state index in [9.17, 15) is 19.8 Å². The highest BCUT2D eigenvalue weighted by Gasteiger charge is 2.43. The summed E-state index contributed by atoms with van der Waals surface area (Å²) in [6.45, 7) is 7.37. The fraction of sp³-hybridized carbons (Fsp3) is 0.350. The Labute approximate surface area is 314 Å². The molecule has 0 aromatic heterocycles. The molecule has 0 spiro atoms. The van der Waals surface area contributed by atoms with E-state index in [-0.39, 0.29) is 26.9 Å². The minimum Gasteiger partial charge on any atom is -0.874 e. The van der Waals surface area contributed by atoms with Crippen molar-refractivity contribution in [3.8, 4) is 17.2 Å². The predicted octanol–water partition coefficient (Wildman–Crippen LogP) is 4.05. The summed E-state index contributed by atoms with van der Waals surface area (Å²) in [6, 6.07) is 19.4.